The van der Waals surface area contributed by atoms with Crippen molar-refractivity contribution in [3.8, 4) is 11.4 Å². The van der Waals surface area contributed by atoms with E-state index in [1.54, 1.807) is 18.5 Å². The average molecular weight is 342 g/mol. The second-order valence-electron chi connectivity index (χ2n) is 5.52. The van der Waals surface area contributed by atoms with Crippen LogP contribution in [-0.2, 0) is 11.2 Å². The number of aryl methyl sites for hydroxylation is 1. The topological polar surface area (TPSA) is 107 Å². The Hall–Kier alpha value is -2.68. The van der Waals surface area contributed by atoms with Crippen LogP contribution in [-0.4, -0.2) is 31.2 Å². The van der Waals surface area contributed by atoms with E-state index in [1.807, 2.05) is 6.07 Å². The van der Waals surface area contributed by atoms with Crippen LogP contribution in [0.3, 0.4) is 0 Å². The molecular formula is C15H14N6O2S. The first-order valence-electron chi connectivity index (χ1n) is 7.64. The Bertz CT molecular complexity index is 843. The van der Waals surface area contributed by atoms with Gasteiger partial charge in [-0.3, -0.25) is 9.78 Å². The summed E-state index contributed by atoms with van der Waals surface area (Å²) >= 11 is 1.44. The number of hydrogen-bond donors (Lipinski definition) is 1. The minimum absolute atomic E-state index is 0.144. The zero-order chi connectivity index (χ0) is 16.4. The van der Waals surface area contributed by atoms with Crippen molar-refractivity contribution in [3.63, 3.8) is 0 Å². The predicted octanol–water partition coefficient (Wildman–Crippen LogP) is 2.43. The van der Waals surface area contributed by atoms with Crippen LogP contribution in [0.4, 0.5) is 5.13 Å². The molecule has 0 radical (unpaired) electrons. The molecule has 1 amide bonds. The summed E-state index contributed by atoms with van der Waals surface area (Å²) in [5.41, 5.74) is 0.776. The molecule has 3 heterocycles. The van der Waals surface area contributed by atoms with Gasteiger partial charge in [-0.1, -0.05) is 16.5 Å². The number of aromatic nitrogens is 5. The first-order chi connectivity index (χ1) is 11.8. The predicted molar refractivity (Wildman–Crippen MR) is 86.4 cm³/mol. The fraction of sp³-hybridized carbons (Fsp3) is 0.333. The van der Waals surface area contributed by atoms with Crippen molar-refractivity contribution in [2.75, 3.05) is 5.32 Å². The van der Waals surface area contributed by atoms with E-state index >= 15 is 0 Å². The third-order valence-corrected chi connectivity index (χ3v) is 4.57. The Kier molecular flexibility index (Phi) is 3.99. The molecule has 1 fully saturated rings. The van der Waals surface area contributed by atoms with Crippen molar-refractivity contribution in [1.29, 1.82) is 0 Å². The molecule has 9 heteroatoms. The molecule has 3 aromatic rings. The van der Waals surface area contributed by atoms with E-state index in [1.165, 1.54) is 24.2 Å². The van der Waals surface area contributed by atoms with Crippen LogP contribution in [0.25, 0.3) is 11.4 Å². The lowest BCUT2D eigenvalue weighted by Gasteiger charge is -1.98. The summed E-state index contributed by atoms with van der Waals surface area (Å²) in [4.78, 5) is 20.3. The number of carbonyl (C=O) groups is 1. The van der Waals surface area contributed by atoms with E-state index in [4.69, 9.17) is 4.52 Å². The lowest BCUT2D eigenvalue weighted by molar-refractivity contribution is -0.116. The Morgan fingerprint density at radius 3 is 3.08 bits per heavy atom. The van der Waals surface area contributed by atoms with Gasteiger partial charge in [0.25, 0.3) is 0 Å². The van der Waals surface area contributed by atoms with Gasteiger partial charge in [0, 0.05) is 36.7 Å². The number of carbonyl (C=O) groups excluding carboxylic acids is 1. The quantitative estimate of drug-likeness (QED) is 0.733. The molecule has 4 rings (SSSR count). The van der Waals surface area contributed by atoms with E-state index in [-0.39, 0.29) is 12.3 Å². The van der Waals surface area contributed by atoms with Crippen molar-refractivity contribution in [2.45, 2.75) is 31.6 Å². The van der Waals surface area contributed by atoms with Gasteiger partial charge in [0.1, 0.15) is 5.01 Å². The van der Waals surface area contributed by atoms with Gasteiger partial charge in [-0.15, -0.1) is 10.2 Å². The molecule has 122 valence electrons. The lowest BCUT2D eigenvalue weighted by atomic mass is 10.2. The Morgan fingerprint density at radius 2 is 2.29 bits per heavy atom. The zero-order valence-corrected chi connectivity index (χ0v) is 13.5. The largest absolute Gasteiger partial charge is 0.339 e. The molecule has 1 aliphatic rings. The van der Waals surface area contributed by atoms with Gasteiger partial charge in [0.15, 0.2) is 0 Å². The molecule has 24 heavy (non-hydrogen) atoms. The number of amides is 1. The molecule has 0 saturated heterocycles. The zero-order valence-electron chi connectivity index (χ0n) is 12.7. The normalized spacial score (nSPS) is 13.8. The highest BCUT2D eigenvalue weighted by Crippen LogP contribution is 2.42. The van der Waals surface area contributed by atoms with Gasteiger partial charge in [-0.25, -0.2) is 0 Å². The number of nitrogens with one attached hydrogen (secondary N) is 1. The summed E-state index contributed by atoms with van der Waals surface area (Å²) in [6, 6.07) is 3.65. The van der Waals surface area contributed by atoms with Gasteiger partial charge in [-0.05, 0) is 25.0 Å². The molecular weight excluding hydrogens is 328 g/mol. The fourth-order valence-electron chi connectivity index (χ4n) is 2.15. The molecule has 0 aliphatic heterocycles. The van der Waals surface area contributed by atoms with Crippen LogP contribution in [0.5, 0.6) is 0 Å². The molecule has 1 aliphatic carbocycles. The number of anilines is 1. The van der Waals surface area contributed by atoms with Crippen LogP contribution < -0.4 is 5.32 Å². The van der Waals surface area contributed by atoms with Crippen LogP contribution in [0.2, 0.25) is 0 Å². The second kappa shape index (κ2) is 6.44. The monoisotopic (exact) mass is 342 g/mol. The van der Waals surface area contributed by atoms with Gasteiger partial charge in [0.05, 0.1) is 0 Å². The SMILES string of the molecule is O=C(CCc1nc(-c2cccnc2)no1)Nc1nnc(C2CC2)s1. The smallest absolute Gasteiger partial charge is 0.227 e. The number of rotatable bonds is 6. The number of nitrogens with zero attached hydrogens (tertiary/aromatic N) is 5. The molecule has 8 nitrogen and oxygen atoms in total. The van der Waals surface area contributed by atoms with Gasteiger partial charge in [0.2, 0.25) is 22.8 Å². The minimum Gasteiger partial charge on any atom is -0.339 e. The van der Waals surface area contributed by atoms with E-state index in [9.17, 15) is 4.79 Å². The standard InChI is InChI=1S/C15H14N6O2S/c22-11(17-15-20-19-14(24-15)9-3-4-9)5-6-12-18-13(21-23-12)10-2-1-7-16-8-10/h1-2,7-9H,3-6H2,(H,17,20,22). The van der Waals surface area contributed by atoms with E-state index in [0.29, 0.717) is 29.2 Å². The van der Waals surface area contributed by atoms with Crippen molar-refractivity contribution < 1.29 is 9.32 Å². The van der Waals surface area contributed by atoms with Gasteiger partial charge in [-0.2, -0.15) is 4.98 Å². The number of pyridine rings is 1. The minimum atomic E-state index is -0.144. The Labute approximate surface area is 141 Å². The highest BCUT2D eigenvalue weighted by molar-refractivity contribution is 7.15. The highest BCUT2D eigenvalue weighted by atomic mass is 32.1. The maximum Gasteiger partial charge on any atom is 0.227 e. The first kappa shape index (κ1) is 14.9. The van der Waals surface area contributed by atoms with Crippen LogP contribution >= 0.6 is 11.3 Å². The summed E-state index contributed by atoms with van der Waals surface area (Å²) < 4.78 is 5.17. The van der Waals surface area contributed by atoms with Crippen molar-refractivity contribution in [3.05, 3.63) is 35.4 Å². The molecule has 0 unspecified atom stereocenters. The summed E-state index contributed by atoms with van der Waals surface area (Å²) in [6.07, 6.45) is 6.28. The van der Waals surface area contributed by atoms with E-state index in [2.05, 4.69) is 30.6 Å². The average Bonchev–Trinajstić information content (AvgIpc) is 3.17. The molecule has 3 aromatic heterocycles. The van der Waals surface area contributed by atoms with Crippen LogP contribution in [0.15, 0.2) is 29.0 Å². The van der Waals surface area contributed by atoms with Gasteiger partial charge < -0.3 is 9.84 Å². The molecule has 1 N–H and O–H groups in total. The highest BCUT2D eigenvalue weighted by Gasteiger charge is 2.27. The van der Waals surface area contributed by atoms with Crippen molar-refractivity contribution >= 4 is 22.4 Å². The Balaban J connectivity index is 1.31. The van der Waals surface area contributed by atoms with Crippen molar-refractivity contribution in [2.24, 2.45) is 0 Å². The lowest BCUT2D eigenvalue weighted by Crippen LogP contribution is -2.12. The second-order valence-corrected chi connectivity index (χ2v) is 6.53. The summed E-state index contributed by atoms with van der Waals surface area (Å²) in [5.74, 6) is 1.28. The summed E-state index contributed by atoms with van der Waals surface area (Å²) in [6.45, 7) is 0. The first-order valence-corrected chi connectivity index (χ1v) is 8.46. The third kappa shape index (κ3) is 3.46. The maximum atomic E-state index is 12.0. The Morgan fingerprint density at radius 1 is 1.38 bits per heavy atom. The summed E-state index contributed by atoms with van der Waals surface area (Å²) in [7, 11) is 0. The maximum absolute atomic E-state index is 12.0. The van der Waals surface area contributed by atoms with E-state index in [0.717, 1.165) is 10.6 Å². The molecule has 0 atom stereocenters. The molecule has 0 aromatic carbocycles. The number of hydrogen-bond acceptors (Lipinski definition) is 8. The van der Waals surface area contributed by atoms with E-state index < -0.39 is 0 Å². The third-order valence-electron chi connectivity index (χ3n) is 3.57. The molecule has 0 spiro atoms. The van der Waals surface area contributed by atoms with Crippen LogP contribution in [0.1, 0.15) is 36.1 Å². The fourth-order valence-corrected chi connectivity index (χ4v) is 3.08. The molecule has 1 saturated carbocycles. The molecule has 0 bridgehead atoms. The summed E-state index contributed by atoms with van der Waals surface area (Å²) in [5, 5.41) is 16.3. The van der Waals surface area contributed by atoms with Gasteiger partial charge >= 0.3 is 0 Å². The van der Waals surface area contributed by atoms with Crippen molar-refractivity contribution in [1.82, 2.24) is 25.3 Å². The van der Waals surface area contributed by atoms with Crippen LogP contribution in [0, 0.1) is 0 Å².